The van der Waals surface area contributed by atoms with Crippen LogP contribution in [0.25, 0.3) is 0 Å². The summed E-state index contributed by atoms with van der Waals surface area (Å²) in [6, 6.07) is 2.86. The average Bonchev–Trinajstić information content (AvgIpc) is 2.29. The Balaban J connectivity index is 2.29. The van der Waals surface area contributed by atoms with Gasteiger partial charge in [-0.3, -0.25) is 0 Å². The van der Waals surface area contributed by atoms with Gasteiger partial charge in [-0.15, -0.1) is 0 Å². The van der Waals surface area contributed by atoms with Crippen LogP contribution in [0.15, 0.2) is 23.3 Å². The molecule has 0 aromatic heterocycles. The van der Waals surface area contributed by atoms with Crippen molar-refractivity contribution in [3.05, 3.63) is 23.3 Å². The molecule has 0 nitrogen and oxygen atoms in total. The summed E-state index contributed by atoms with van der Waals surface area (Å²) in [4.78, 5) is 0. The van der Waals surface area contributed by atoms with Gasteiger partial charge in [-0.05, 0) is 38.8 Å². The molecule has 13 heavy (non-hydrogen) atoms. The second kappa shape index (κ2) is 4.27. The summed E-state index contributed by atoms with van der Waals surface area (Å²) in [6.45, 7) is 9.36. The maximum Gasteiger partial charge on any atom is 0.0551 e. The van der Waals surface area contributed by atoms with Gasteiger partial charge in [-0.1, -0.05) is 36.4 Å². The lowest BCUT2D eigenvalue weighted by Crippen LogP contribution is -2.19. The summed E-state index contributed by atoms with van der Waals surface area (Å²) in [5, 5.41) is 0. The largest absolute Gasteiger partial charge is 0.0883 e. The van der Waals surface area contributed by atoms with Gasteiger partial charge < -0.3 is 0 Å². The van der Waals surface area contributed by atoms with E-state index in [0.717, 1.165) is 0 Å². The van der Waals surface area contributed by atoms with E-state index in [4.69, 9.17) is 0 Å². The fourth-order valence-corrected chi connectivity index (χ4v) is 4.45. The van der Waals surface area contributed by atoms with Gasteiger partial charge in [0.25, 0.3) is 0 Å². The number of hydrogen-bond donors (Lipinski definition) is 0. The minimum absolute atomic E-state index is 0.794. The molecular formula is C12H22Si. The van der Waals surface area contributed by atoms with Crippen molar-refractivity contribution >= 4 is 8.07 Å². The van der Waals surface area contributed by atoms with Crippen molar-refractivity contribution < 1.29 is 0 Å². The third-order valence-electron chi connectivity index (χ3n) is 2.67. The average molecular weight is 194 g/mol. The molecule has 0 radical (unpaired) electrons. The lowest BCUT2D eigenvalue weighted by Gasteiger charge is -2.13. The van der Waals surface area contributed by atoms with Crippen molar-refractivity contribution in [3.63, 3.8) is 0 Å². The van der Waals surface area contributed by atoms with Gasteiger partial charge in [0.05, 0.1) is 8.07 Å². The molecule has 0 aliphatic carbocycles. The van der Waals surface area contributed by atoms with Gasteiger partial charge in [-0.2, -0.15) is 0 Å². The van der Waals surface area contributed by atoms with Crippen LogP contribution in [0.5, 0.6) is 0 Å². The van der Waals surface area contributed by atoms with Gasteiger partial charge in [0.15, 0.2) is 0 Å². The van der Waals surface area contributed by atoms with Crippen molar-refractivity contribution in [2.45, 2.75) is 51.9 Å². The summed E-state index contributed by atoms with van der Waals surface area (Å²) in [5.74, 6) is 0. The summed E-state index contributed by atoms with van der Waals surface area (Å²) in [7, 11) is -0.794. The van der Waals surface area contributed by atoms with Crippen LogP contribution in [-0.4, -0.2) is 8.07 Å². The first-order chi connectivity index (χ1) is 5.99. The summed E-state index contributed by atoms with van der Waals surface area (Å²) >= 11 is 0. The van der Waals surface area contributed by atoms with Crippen molar-refractivity contribution in [2.75, 3.05) is 0 Å². The number of allylic oxidation sites excluding steroid dienone is 4. The van der Waals surface area contributed by atoms with Crippen molar-refractivity contribution in [2.24, 2.45) is 0 Å². The van der Waals surface area contributed by atoms with Crippen LogP contribution in [0.4, 0.5) is 0 Å². The Morgan fingerprint density at radius 1 is 1.46 bits per heavy atom. The minimum atomic E-state index is -0.794. The Bertz CT molecular complexity index is 230. The van der Waals surface area contributed by atoms with E-state index < -0.39 is 8.07 Å². The maximum absolute atomic E-state index is 2.51. The van der Waals surface area contributed by atoms with E-state index in [1.165, 1.54) is 30.5 Å². The Morgan fingerprint density at radius 2 is 2.15 bits per heavy atom. The second-order valence-corrected chi connectivity index (χ2v) is 10.3. The molecule has 0 spiro atoms. The summed E-state index contributed by atoms with van der Waals surface area (Å²) < 4.78 is 0. The lowest BCUT2D eigenvalue weighted by molar-refractivity contribution is 0.966. The highest BCUT2D eigenvalue weighted by molar-refractivity contribution is 6.79. The fourth-order valence-electron chi connectivity index (χ4n) is 1.92. The van der Waals surface area contributed by atoms with Gasteiger partial charge in [0.2, 0.25) is 0 Å². The highest BCUT2D eigenvalue weighted by Gasteiger charge is 2.25. The van der Waals surface area contributed by atoms with Crippen molar-refractivity contribution in [1.82, 2.24) is 0 Å². The van der Waals surface area contributed by atoms with Crippen LogP contribution >= 0.6 is 0 Å². The molecule has 0 atom stereocenters. The Kier molecular flexibility index (Phi) is 3.54. The molecule has 74 valence electrons. The molecule has 1 aliphatic heterocycles. The highest BCUT2D eigenvalue weighted by Crippen LogP contribution is 2.31. The van der Waals surface area contributed by atoms with E-state index >= 15 is 0 Å². The van der Waals surface area contributed by atoms with Crippen LogP contribution in [0.1, 0.15) is 26.7 Å². The summed E-state index contributed by atoms with van der Waals surface area (Å²) in [6.07, 6.45) is 7.42. The van der Waals surface area contributed by atoms with E-state index in [0.29, 0.717) is 0 Å². The second-order valence-electron chi connectivity index (χ2n) is 5.23. The van der Waals surface area contributed by atoms with Gasteiger partial charge in [0, 0.05) is 0 Å². The molecule has 0 unspecified atom stereocenters. The summed E-state index contributed by atoms with van der Waals surface area (Å²) in [5.41, 5.74) is 3.18. The Morgan fingerprint density at radius 3 is 2.62 bits per heavy atom. The SMILES string of the molecule is CC(C)=CCCC1=CC[Si](C)(C)C1. The van der Waals surface area contributed by atoms with Crippen LogP contribution < -0.4 is 0 Å². The molecule has 0 aromatic carbocycles. The van der Waals surface area contributed by atoms with Gasteiger partial charge in [-0.25, -0.2) is 0 Å². The lowest BCUT2D eigenvalue weighted by atomic mass is 10.1. The molecule has 1 aliphatic rings. The molecule has 0 saturated heterocycles. The first-order valence-corrected chi connectivity index (χ1v) is 8.72. The van der Waals surface area contributed by atoms with Crippen LogP contribution in [0.2, 0.25) is 25.2 Å². The zero-order valence-corrected chi connectivity index (χ0v) is 10.5. The quantitative estimate of drug-likeness (QED) is 0.462. The molecule has 0 amide bonds. The topological polar surface area (TPSA) is 0 Å². The van der Waals surface area contributed by atoms with Crippen LogP contribution in [0, 0.1) is 0 Å². The normalized spacial score (nSPS) is 19.8. The van der Waals surface area contributed by atoms with E-state index in [1.807, 2.05) is 0 Å². The first-order valence-electron chi connectivity index (χ1n) is 5.31. The van der Waals surface area contributed by atoms with E-state index in [1.54, 1.807) is 5.57 Å². The maximum atomic E-state index is 2.51. The predicted molar refractivity (Wildman–Crippen MR) is 63.8 cm³/mol. The molecule has 0 N–H and O–H groups in total. The number of hydrogen-bond acceptors (Lipinski definition) is 0. The first kappa shape index (κ1) is 10.8. The minimum Gasteiger partial charge on any atom is -0.0883 e. The van der Waals surface area contributed by atoms with Gasteiger partial charge >= 0.3 is 0 Å². The predicted octanol–water partition coefficient (Wildman–Crippen LogP) is 4.38. The Labute approximate surface area is 83.7 Å². The standard InChI is InChI=1S/C12H22Si/c1-11(2)6-5-7-12-8-9-13(3,4)10-12/h6,8H,5,7,9-10H2,1-4H3. The molecule has 1 rings (SSSR count). The number of rotatable bonds is 3. The molecule has 0 fully saturated rings. The Hall–Kier alpha value is -0.303. The molecule has 1 heteroatoms. The van der Waals surface area contributed by atoms with E-state index in [9.17, 15) is 0 Å². The zero-order chi connectivity index (χ0) is 9.90. The third kappa shape index (κ3) is 3.95. The van der Waals surface area contributed by atoms with Crippen LogP contribution in [-0.2, 0) is 0 Å². The third-order valence-corrected chi connectivity index (χ3v) is 5.39. The fraction of sp³-hybridized carbons (Fsp3) is 0.667. The van der Waals surface area contributed by atoms with Crippen molar-refractivity contribution in [1.29, 1.82) is 0 Å². The monoisotopic (exact) mass is 194 g/mol. The van der Waals surface area contributed by atoms with Crippen LogP contribution in [0.3, 0.4) is 0 Å². The molecule has 0 bridgehead atoms. The zero-order valence-electron chi connectivity index (χ0n) is 9.48. The van der Waals surface area contributed by atoms with E-state index in [2.05, 4.69) is 39.1 Å². The molecule has 1 heterocycles. The highest BCUT2D eigenvalue weighted by atomic mass is 28.3. The molecule has 0 saturated carbocycles. The van der Waals surface area contributed by atoms with Gasteiger partial charge in [0.1, 0.15) is 0 Å². The van der Waals surface area contributed by atoms with Crippen molar-refractivity contribution in [3.8, 4) is 0 Å². The molecular weight excluding hydrogens is 172 g/mol. The van der Waals surface area contributed by atoms with E-state index in [-0.39, 0.29) is 0 Å². The molecule has 0 aromatic rings. The smallest absolute Gasteiger partial charge is 0.0551 e.